The number of carbonyl (C=O) groups is 3. The lowest BCUT2D eigenvalue weighted by Crippen LogP contribution is -2.52. The van der Waals surface area contributed by atoms with Crippen molar-refractivity contribution in [2.24, 2.45) is 0 Å². The third-order valence-electron chi connectivity index (χ3n) is 6.88. The van der Waals surface area contributed by atoms with Crippen LogP contribution < -0.4 is 15.0 Å². The number of amides is 3. The van der Waals surface area contributed by atoms with Crippen LogP contribution in [-0.4, -0.2) is 48.4 Å². The van der Waals surface area contributed by atoms with Crippen LogP contribution >= 0.6 is 0 Å². The van der Waals surface area contributed by atoms with E-state index in [1.807, 2.05) is 24.3 Å². The van der Waals surface area contributed by atoms with Crippen molar-refractivity contribution in [2.45, 2.75) is 51.1 Å². The van der Waals surface area contributed by atoms with E-state index in [1.54, 1.807) is 4.90 Å². The van der Waals surface area contributed by atoms with Crippen molar-refractivity contribution in [1.29, 1.82) is 0 Å². The monoisotopic (exact) mass is 447 g/mol. The first kappa shape index (κ1) is 21.5. The van der Waals surface area contributed by atoms with Crippen LogP contribution in [0.5, 0.6) is 5.75 Å². The van der Waals surface area contributed by atoms with Gasteiger partial charge in [0.1, 0.15) is 18.4 Å². The largest absolute Gasteiger partial charge is 0.490 e. The number of piperidine rings is 1. The Morgan fingerprint density at radius 1 is 1.00 bits per heavy atom. The van der Waals surface area contributed by atoms with Crippen molar-refractivity contribution >= 4 is 23.4 Å². The van der Waals surface area contributed by atoms with Gasteiger partial charge in [-0.25, -0.2) is 0 Å². The first-order chi connectivity index (χ1) is 16.1. The van der Waals surface area contributed by atoms with Crippen molar-refractivity contribution in [3.05, 3.63) is 59.2 Å². The maximum absolute atomic E-state index is 13.0. The molecule has 0 spiro atoms. The van der Waals surface area contributed by atoms with Gasteiger partial charge in [-0.05, 0) is 55.0 Å². The number of fused-ring (bicyclic) bond motifs is 2. The van der Waals surface area contributed by atoms with Crippen LogP contribution in [0.25, 0.3) is 0 Å². The van der Waals surface area contributed by atoms with Gasteiger partial charge in [-0.15, -0.1) is 0 Å². The molecule has 1 unspecified atom stereocenters. The summed E-state index contributed by atoms with van der Waals surface area (Å²) in [7, 11) is 0. The Morgan fingerprint density at radius 2 is 1.88 bits per heavy atom. The quantitative estimate of drug-likeness (QED) is 0.521. The second kappa shape index (κ2) is 9.25. The molecule has 2 aromatic rings. The van der Waals surface area contributed by atoms with Crippen LogP contribution in [0.1, 0.15) is 53.6 Å². The van der Waals surface area contributed by atoms with E-state index in [1.165, 1.54) is 11.3 Å². The van der Waals surface area contributed by atoms with Gasteiger partial charge in [0.25, 0.3) is 5.91 Å². The Labute approximate surface area is 193 Å². The number of hydrogen-bond acceptors (Lipinski definition) is 5. The number of imide groups is 1. The van der Waals surface area contributed by atoms with Gasteiger partial charge in [0.2, 0.25) is 11.8 Å². The van der Waals surface area contributed by atoms with Gasteiger partial charge in [-0.3, -0.25) is 19.7 Å². The Bertz CT molecular complexity index is 1080. The molecule has 172 valence electrons. The number of hydrogen-bond donors (Lipinski definition) is 1. The van der Waals surface area contributed by atoms with Crippen LogP contribution in [0, 0.1) is 0 Å². The highest BCUT2D eigenvalue weighted by atomic mass is 16.5. The number of ether oxygens (including phenoxy) is 1. The zero-order valence-corrected chi connectivity index (χ0v) is 18.7. The number of rotatable bonds is 7. The maximum atomic E-state index is 13.0. The number of benzene rings is 2. The minimum Gasteiger partial charge on any atom is -0.490 e. The Balaban J connectivity index is 1.16. The van der Waals surface area contributed by atoms with E-state index < -0.39 is 6.04 Å². The van der Waals surface area contributed by atoms with Crippen molar-refractivity contribution in [1.82, 2.24) is 10.2 Å². The average Bonchev–Trinajstić information content (AvgIpc) is 3.16. The van der Waals surface area contributed by atoms with E-state index >= 15 is 0 Å². The molecule has 1 N–H and O–H groups in total. The molecule has 0 radical (unpaired) electrons. The fourth-order valence-electron chi connectivity index (χ4n) is 5.14. The van der Waals surface area contributed by atoms with Crippen LogP contribution in [-0.2, 0) is 22.6 Å². The molecule has 0 bridgehead atoms. The van der Waals surface area contributed by atoms with E-state index in [0.29, 0.717) is 18.5 Å². The second-order valence-electron chi connectivity index (χ2n) is 8.96. The Hall–Kier alpha value is -3.35. The number of nitrogens with one attached hydrogen (secondary N) is 1. The number of nitrogens with zero attached hydrogens (tertiary/aromatic N) is 2. The topological polar surface area (TPSA) is 79.0 Å². The minimum absolute atomic E-state index is 0.104. The highest BCUT2D eigenvalue weighted by Gasteiger charge is 2.39. The summed E-state index contributed by atoms with van der Waals surface area (Å²) >= 11 is 0. The highest BCUT2D eigenvalue weighted by Crippen LogP contribution is 2.32. The van der Waals surface area contributed by atoms with Gasteiger partial charge in [-0.2, -0.15) is 0 Å². The van der Waals surface area contributed by atoms with E-state index in [0.717, 1.165) is 56.7 Å². The molecule has 1 saturated heterocycles. The molecule has 3 aliphatic rings. The summed E-state index contributed by atoms with van der Waals surface area (Å²) in [5, 5.41) is 2.37. The lowest BCUT2D eigenvalue weighted by Gasteiger charge is -2.31. The van der Waals surface area contributed by atoms with Crippen molar-refractivity contribution < 1.29 is 19.1 Å². The normalized spacial score (nSPS) is 19.8. The Kier molecular flexibility index (Phi) is 6.03. The highest BCUT2D eigenvalue weighted by molar-refractivity contribution is 6.05. The molecule has 0 aromatic heterocycles. The summed E-state index contributed by atoms with van der Waals surface area (Å²) in [5.41, 5.74) is 4.10. The summed E-state index contributed by atoms with van der Waals surface area (Å²) in [4.78, 5) is 40.8. The number of unbranched alkanes of at least 4 members (excludes halogenated alkanes) is 2. The second-order valence-corrected chi connectivity index (χ2v) is 8.96. The van der Waals surface area contributed by atoms with E-state index in [-0.39, 0.29) is 24.1 Å². The van der Waals surface area contributed by atoms with Gasteiger partial charge in [0.15, 0.2) is 0 Å². The summed E-state index contributed by atoms with van der Waals surface area (Å²) in [6, 6.07) is 13.5. The average molecular weight is 448 g/mol. The minimum atomic E-state index is -0.563. The van der Waals surface area contributed by atoms with Crippen LogP contribution in [0.2, 0.25) is 0 Å². The summed E-state index contributed by atoms with van der Waals surface area (Å²) < 4.78 is 5.74. The molecule has 33 heavy (non-hydrogen) atoms. The number of para-hydroxylation sites is 2. The van der Waals surface area contributed by atoms with Crippen LogP contribution in [0.4, 0.5) is 5.69 Å². The molecule has 2 aromatic carbocycles. The van der Waals surface area contributed by atoms with Crippen molar-refractivity contribution in [3.8, 4) is 5.75 Å². The van der Waals surface area contributed by atoms with E-state index in [9.17, 15) is 14.4 Å². The predicted octanol–water partition coefficient (Wildman–Crippen LogP) is 3.06. The van der Waals surface area contributed by atoms with E-state index in [2.05, 4.69) is 28.4 Å². The fraction of sp³-hybridized carbons (Fsp3) is 0.423. The molecule has 1 fully saturated rings. The molecule has 5 rings (SSSR count). The molecule has 3 aliphatic heterocycles. The fourth-order valence-corrected chi connectivity index (χ4v) is 5.14. The smallest absolute Gasteiger partial charge is 0.255 e. The van der Waals surface area contributed by atoms with Crippen molar-refractivity contribution in [2.75, 3.05) is 24.6 Å². The van der Waals surface area contributed by atoms with E-state index in [4.69, 9.17) is 4.74 Å². The lowest BCUT2D eigenvalue weighted by molar-refractivity contribution is -0.136. The molecule has 0 aliphatic carbocycles. The first-order valence-electron chi connectivity index (χ1n) is 11.8. The maximum Gasteiger partial charge on any atom is 0.255 e. The predicted molar refractivity (Wildman–Crippen MR) is 124 cm³/mol. The van der Waals surface area contributed by atoms with Gasteiger partial charge in [0, 0.05) is 25.1 Å². The molecular formula is C26H29N3O4. The third-order valence-corrected chi connectivity index (χ3v) is 6.88. The lowest BCUT2D eigenvalue weighted by atomic mass is 9.98. The van der Waals surface area contributed by atoms with Gasteiger partial charge >= 0.3 is 0 Å². The van der Waals surface area contributed by atoms with Crippen LogP contribution in [0.3, 0.4) is 0 Å². The number of anilines is 1. The molecular weight excluding hydrogens is 418 g/mol. The molecule has 3 amide bonds. The molecule has 7 heteroatoms. The molecule has 7 nitrogen and oxygen atoms in total. The first-order valence-corrected chi connectivity index (χ1v) is 11.8. The molecule has 1 atom stereocenters. The molecule has 0 saturated carbocycles. The Morgan fingerprint density at radius 3 is 2.76 bits per heavy atom. The third kappa shape index (κ3) is 4.32. The van der Waals surface area contributed by atoms with Crippen LogP contribution in [0.15, 0.2) is 42.5 Å². The zero-order chi connectivity index (χ0) is 22.8. The van der Waals surface area contributed by atoms with Crippen molar-refractivity contribution in [3.63, 3.8) is 0 Å². The summed E-state index contributed by atoms with van der Waals surface area (Å²) in [6.07, 6.45) is 4.84. The van der Waals surface area contributed by atoms with Gasteiger partial charge in [-0.1, -0.05) is 30.7 Å². The zero-order valence-electron chi connectivity index (χ0n) is 18.7. The van der Waals surface area contributed by atoms with Gasteiger partial charge < -0.3 is 14.5 Å². The molecule has 3 heterocycles. The summed E-state index contributed by atoms with van der Waals surface area (Å²) in [6.45, 7) is 3.10. The summed E-state index contributed by atoms with van der Waals surface area (Å²) in [5.74, 6) is 0.237. The number of carbonyl (C=O) groups excluding carboxylic acids is 3. The SMILES string of the molecule is O=C1CCC(N2Cc3c(CCCCCN4CCOc5ccccc54)cccc3C2=O)C(=O)N1. The van der Waals surface area contributed by atoms with Gasteiger partial charge in [0.05, 0.1) is 12.2 Å². The number of aryl methyl sites for hydroxylation is 1. The standard InChI is InChI=1S/C26H29N3O4/c30-24-13-12-22(25(31)27-24)29-17-20-18(8-6-9-19(20)26(29)32)7-2-1-5-14-28-15-16-33-23-11-4-3-10-21(23)28/h3-4,6,8-11,22H,1-2,5,7,12-17H2,(H,27,30,31).